The lowest BCUT2D eigenvalue weighted by molar-refractivity contribution is -0.159. The summed E-state index contributed by atoms with van der Waals surface area (Å²) in [4.78, 5) is 44.1. The molecule has 4 aliphatic heterocycles. The van der Waals surface area contributed by atoms with E-state index in [1.54, 1.807) is 19.1 Å². The highest BCUT2D eigenvalue weighted by molar-refractivity contribution is 5.99. The Morgan fingerprint density at radius 3 is 2.39 bits per heavy atom. The number of esters is 1. The minimum atomic E-state index is -1.31. The summed E-state index contributed by atoms with van der Waals surface area (Å²) in [6.07, 6.45) is 7.95. The van der Waals surface area contributed by atoms with E-state index >= 15 is 0 Å². The number of amides is 2. The maximum Gasteiger partial charge on any atom is 0.313 e. The van der Waals surface area contributed by atoms with E-state index in [9.17, 15) is 19.5 Å². The molecule has 0 aromatic heterocycles. The summed E-state index contributed by atoms with van der Waals surface area (Å²) in [7, 11) is 0. The lowest BCUT2D eigenvalue weighted by atomic mass is 9.74. The molecule has 0 radical (unpaired) electrons. The van der Waals surface area contributed by atoms with E-state index in [4.69, 9.17) is 9.47 Å². The van der Waals surface area contributed by atoms with Gasteiger partial charge < -0.3 is 24.4 Å². The number of hydrogen-bond acceptors (Lipinski definition) is 6. The Labute approximate surface area is 195 Å². The van der Waals surface area contributed by atoms with Crippen molar-refractivity contribution >= 4 is 17.8 Å². The van der Waals surface area contributed by atoms with Crippen LogP contribution in [0.4, 0.5) is 0 Å². The van der Waals surface area contributed by atoms with E-state index in [2.05, 4.69) is 20.8 Å². The molecule has 8 nitrogen and oxygen atoms in total. The number of hydrogen-bond donors (Lipinski definition) is 1. The van der Waals surface area contributed by atoms with Crippen LogP contribution in [0.15, 0.2) is 24.3 Å². The van der Waals surface area contributed by atoms with Crippen LogP contribution in [-0.2, 0) is 23.9 Å². The number of rotatable bonds is 4. The van der Waals surface area contributed by atoms with Gasteiger partial charge in [-0.1, -0.05) is 39.0 Å². The Morgan fingerprint density at radius 1 is 1.06 bits per heavy atom. The normalized spacial score (nSPS) is 36.3. The van der Waals surface area contributed by atoms with Crippen molar-refractivity contribution in [1.82, 2.24) is 9.80 Å². The highest BCUT2D eigenvalue weighted by atomic mass is 16.6. The zero-order chi connectivity index (χ0) is 24.4. The molecule has 0 bridgehead atoms. The second-order valence-corrected chi connectivity index (χ2v) is 11.7. The fraction of sp³-hybridized carbons (Fsp3) is 0.720. The minimum absolute atomic E-state index is 0.00739. The second-order valence-electron chi connectivity index (χ2n) is 11.7. The SMILES string of the molecule is CC(C)(C)CC(C)(C)N1CC=C[C@]23O[C@@]4(C)C=CCOC(=O)[C@H]4[C@H]2C(=O)N(CCO)C3C1=O. The predicted molar refractivity (Wildman–Crippen MR) is 121 cm³/mol. The van der Waals surface area contributed by atoms with Crippen molar-refractivity contribution in [3.63, 3.8) is 0 Å². The molecule has 4 rings (SSSR count). The Hall–Kier alpha value is -2.19. The molecule has 5 atom stereocenters. The van der Waals surface area contributed by atoms with Crippen molar-refractivity contribution in [2.24, 2.45) is 17.3 Å². The van der Waals surface area contributed by atoms with Gasteiger partial charge in [-0.15, -0.1) is 0 Å². The zero-order valence-electron chi connectivity index (χ0n) is 20.5. The van der Waals surface area contributed by atoms with Crippen LogP contribution >= 0.6 is 0 Å². The van der Waals surface area contributed by atoms with Crippen LogP contribution < -0.4 is 0 Å². The Morgan fingerprint density at radius 2 is 1.76 bits per heavy atom. The zero-order valence-corrected chi connectivity index (χ0v) is 20.5. The maximum atomic E-state index is 14.2. The van der Waals surface area contributed by atoms with Crippen LogP contribution in [0, 0.1) is 17.3 Å². The number of likely N-dealkylation sites (tertiary alicyclic amines) is 1. The molecule has 2 saturated heterocycles. The molecule has 33 heavy (non-hydrogen) atoms. The number of fused-ring (bicyclic) bond motifs is 2. The molecular formula is C25H36N2O6. The van der Waals surface area contributed by atoms with Gasteiger partial charge in [0.2, 0.25) is 11.8 Å². The lowest BCUT2D eigenvalue weighted by Crippen LogP contribution is -2.60. The van der Waals surface area contributed by atoms with Gasteiger partial charge in [0.05, 0.1) is 18.1 Å². The van der Waals surface area contributed by atoms with E-state index < -0.39 is 40.6 Å². The Kier molecular flexibility index (Phi) is 5.56. The van der Waals surface area contributed by atoms with Gasteiger partial charge in [0, 0.05) is 18.6 Å². The average molecular weight is 461 g/mol. The topological polar surface area (TPSA) is 96.4 Å². The van der Waals surface area contributed by atoms with Gasteiger partial charge in [0.1, 0.15) is 24.2 Å². The summed E-state index contributed by atoms with van der Waals surface area (Å²) in [5.41, 5.74) is -2.88. The fourth-order valence-corrected chi connectivity index (χ4v) is 6.64. The van der Waals surface area contributed by atoms with Gasteiger partial charge >= 0.3 is 5.97 Å². The molecule has 0 aromatic rings. The smallest absolute Gasteiger partial charge is 0.313 e. The van der Waals surface area contributed by atoms with Crippen LogP contribution in [0.25, 0.3) is 0 Å². The van der Waals surface area contributed by atoms with Crippen LogP contribution in [-0.4, -0.2) is 81.8 Å². The first-order chi connectivity index (χ1) is 15.3. The highest BCUT2D eigenvalue weighted by Gasteiger charge is 2.75. The molecule has 2 fully saturated rings. The van der Waals surface area contributed by atoms with Gasteiger partial charge in [0.25, 0.3) is 0 Å². The van der Waals surface area contributed by atoms with E-state index in [1.165, 1.54) is 4.90 Å². The van der Waals surface area contributed by atoms with Gasteiger partial charge in [0.15, 0.2) is 0 Å². The summed E-state index contributed by atoms with van der Waals surface area (Å²) < 4.78 is 12.0. The molecule has 0 aliphatic carbocycles. The number of cyclic esters (lactones) is 1. The summed E-state index contributed by atoms with van der Waals surface area (Å²) in [5.74, 6) is -2.86. The monoisotopic (exact) mass is 460 g/mol. The summed E-state index contributed by atoms with van der Waals surface area (Å²) in [6, 6.07) is -0.968. The van der Waals surface area contributed by atoms with Crippen LogP contribution in [0.1, 0.15) is 48.0 Å². The molecule has 182 valence electrons. The van der Waals surface area contributed by atoms with Crippen molar-refractivity contribution in [3.8, 4) is 0 Å². The third-order valence-corrected chi connectivity index (χ3v) is 7.35. The number of β-amino-alcohol motifs (C(OH)–C–C–N with tert-alkyl or cyclic N) is 1. The maximum absolute atomic E-state index is 14.2. The van der Waals surface area contributed by atoms with Gasteiger partial charge in [-0.2, -0.15) is 0 Å². The number of carbonyl (C=O) groups excluding carboxylic acids is 3. The molecule has 4 aliphatic rings. The number of aliphatic hydroxyl groups excluding tert-OH is 1. The van der Waals surface area contributed by atoms with Crippen LogP contribution in [0.5, 0.6) is 0 Å². The molecule has 0 aromatic carbocycles. The number of aliphatic hydroxyl groups is 1. The van der Waals surface area contributed by atoms with E-state index in [0.717, 1.165) is 6.42 Å². The molecule has 1 N–H and O–H groups in total. The largest absolute Gasteiger partial charge is 0.461 e. The lowest BCUT2D eigenvalue weighted by Gasteiger charge is -2.44. The van der Waals surface area contributed by atoms with Crippen molar-refractivity contribution in [2.45, 2.75) is 70.7 Å². The Balaban J connectivity index is 1.83. The first-order valence-corrected chi connectivity index (χ1v) is 11.7. The molecule has 0 saturated carbocycles. The molecule has 2 amide bonds. The fourth-order valence-electron chi connectivity index (χ4n) is 6.64. The highest BCUT2D eigenvalue weighted by Crippen LogP contribution is 2.57. The van der Waals surface area contributed by atoms with Gasteiger partial charge in [-0.05, 0) is 38.7 Å². The second kappa shape index (κ2) is 7.67. The van der Waals surface area contributed by atoms with E-state index in [-0.39, 0.29) is 37.0 Å². The first kappa shape index (κ1) is 24.0. The van der Waals surface area contributed by atoms with Gasteiger partial charge in [-0.3, -0.25) is 14.4 Å². The predicted octanol–water partition coefficient (Wildman–Crippen LogP) is 1.68. The third-order valence-electron chi connectivity index (χ3n) is 7.35. The minimum Gasteiger partial charge on any atom is -0.461 e. The average Bonchev–Trinajstić information content (AvgIpc) is 2.91. The Bertz CT molecular complexity index is 918. The third kappa shape index (κ3) is 3.62. The van der Waals surface area contributed by atoms with E-state index in [0.29, 0.717) is 6.54 Å². The number of carbonyl (C=O) groups is 3. The standard InChI is InChI=1S/C25H36N2O6/c1-22(2,3)15-23(4,5)27-11-7-10-25-16(19(29)26(12-13-28)18(25)20(27)30)17-21(31)32-14-8-9-24(17,6)33-25/h7-10,16-18,28H,11-15H2,1-6H3/t16-,17+,18?,24-,25-/m0/s1. The molecule has 1 unspecified atom stereocenters. The van der Waals surface area contributed by atoms with Crippen molar-refractivity contribution < 1.29 is 29.0 Å². The molecule has 8 heteroatoms. The molecular weight excluding hydrogens is 424 g/mol. The number of nitrogens with zero attached hydrogens (tertiary/aromatic N) is 2. The number of ether oxygens (including phenoxy) is 2. The van der Waals surface area contributed by atoms with Gasteiger partial charge in [-0.25, -0.2) is 0 Å². The summed E-state index contributed by atoms with van der Waals surface area (Å²) in [6.45, 7) is 12.4. The first-order valence-electron chi connectivity index (χ1n) is 11.7. The van der Waals surface area contributed by atoms with Crippen LogP contribution in [0.2, 0.25) is 0 Å². The molecule has 4 heterocycles. The summed E-state index contributed by atoms with van der Waals surface area (Å²) >= 11 is 0. The van der Waals surface area contributed by atoms with Crippen molar-refractivity contribution in [3.05, 3.63) is 24.3 Å². The summed E-state index contributed by atoms with van der Waals surface area (Å²) in [5, 5.41) is 9.73. The quantitative estimate of drug-likeness (QED) is 0.507. The van der Waals surface area contributed by atoms with Crippen LogP contribution in [0.3, 0.4) is 0 Å². The van der Waals surface area contributed by atoms with Crippen molar-refractivity contribution in [1.29, 1.82) is 0 Å². The van der Waals surface area contributed by atoms with E-state index in [1.807, 2.05) is 30.9 Å². The van der Waals surface area contributed by atoms with Crippen molar-refractivity contribution in [2.75, 3.05) is 26.3 Å². The molecule has 1 spiro atoms.